The fourth-order valence-electron chi connectivity index (χ4n) is 1.37. The van der Waals surface area contributed by atoms with Crippen LogP contribution in [0.15, 0.2) is 22.1 Å². The van der Waals surface area contributed by atoms with Crippen molar-refractivity contribution in [2.24, 2.45) is 0 Å². The second-order valence-electron chi connectivity index (χ2n) is 7.57. The summed E-state index contributed by atoms with van der Waals surface area (Å²) in [7, 11) is 1.00. The molecule has 0 unspecified atom stereocenters. The van der Waals surface area contributed by atoms with Crippen LogP contribution in [0.5, 0.6) is 0 Å². The topological polar surface area (TPSA) is 20.2 Å². The van der Waals surface area contributed by atoms with Crippen molar-refractivity contribution in [1.29, 1.82) is 0 Å². The van der Waals surface area contributed by atoms with E-state index in [0.717, 1.165) is 7.11 Å². The monoisotopic (exact) mass is 220 g/mol. The van der Waals surface area contributed by atoms with Crippen molar-refractivity contribution in [2.75, 3.05) is 7.11 Å². The van der Waals surface area contributed by atoms with Crippen molar-refractivity contribution >= 4 is 0 Å². The Labute approximate surface area is 81.0 Å². The molecular formula is C11H24OTi. The van der Waals surface area contributed by atoms with Gasteiger partial charge in [-0.05, 0) is 0 Å². The van der Waals surface area contributed by atoms with E-state index in [2.05, 4.69) is 44.4 Å². The van der Waals surface area contributed by atoms with Crippen molar-refractivity contribution in [3.8, 4) is 0 Å². The molecule has 0 heterocycles. The van der Waals surface area contributed by atoms with Gasteiger partial charge in [0, 0.05) is 7.11 Å². The Kier molecular flexibility index (Phi) is 3.12. The summed E-state index contributed by atoms with van der Waals surface area (Å²) in [4.78, 5) is 0. The van der Waals surface area contributed by atoms with Crippen LogP contribution in [0.1, 0.15) is 6.42 Å². The van der Waals surface area contributed by atoms with Gasteiger partial charge in [-0.1, -0.05) is 0 Å². The minimum atomic E-state index is -2.61. The van der Waals surface area contributed by atoms with E-state index in [1.54, 1.807) is 3.88 Å². The fraction of sp³-hybridized carbons (Fsp3) is 0.636. The van der Waals surface area contributed by atoms with Gasteiger partial charge in [-0.2, -0.15) is 0 Å². The van der Waals surface area contributed by atoms with Gasteiger partial charge in [0.1, 0.15) is 0 Å². The second kappa shape index (κ2) is 3.08. The van der Waals surface area contributed by atoms with E-state index in [9.17, 15) is 0 Å². The quantitative estimate of drug-likeness (QED) is 0.664. The predicted molar refractivity (Wildman–Crippen MR) is 59.3 cm³/mol. The fourth-order valence-corrected chi connectivity index (χ4v) is 4.60. The SMILES string of the molecule is CO.[CH3][Ti]([CH3])([CH3])([CH3])([CH3])[C]1=CC=CC1. The summed E-state index contributed by atoms with van der Waals surface area (Å²) >= 11 is -2.61. The van der Waals surface area contributed by atoms with E-state index in [-0.39, 0.29) is 0 Å². The molecule has 78 valence electrons. The zero-order valence-corrected chi connectivity index (χ0v) is 11.4. The zero-order valence-electron chi connectivity index (χ0n) is 9.89. The molecule has 13 heavy (non-hydrogen) atoms. The van der Waals surface area contributed by atoms with Gasteiger partial charge in [0.2, 0.25) is 0 Å². The van der Waals surface area contributed by atoms with Gasteiger partial charge in [-0.15, -0.1) is 0 Å². The third kappa shape index (κ3) is 4.26. The van der Waals surface area contributed by atoms with Gasteiger partial charge in [0.15, 0.2) is 0 Å². The molecule has 1 rings (SSSR count). The van der Waals surface area contributed by atoms with Crippen LogP contribution >= 0.6 is 0 Å². The van der Waals surface area contributed by atoms with E-state index in [1.807, 2.05) is 0 Å². The van der Waals surface area contributed by atoms with E-state index >= 15 is 0 Å². The Balaban J connectivity index is 0.000000671. The summed E-state index contributed by atoms with van der Waals surface area (Å²) in [6, 6.07) is 0. The third-order valence-electron chi connectivity index (χ3n) is 2.38. The number of allylic oxidation sites excluding steroid dienone is 4. The van der Waals surface area contributed by atoms with Crippen molar-refractivity contribution in [1.82, 2.24) is 0 Å². The molecule has 1 aliphatic carbocycles. The first-order valence-electron chi connectivity index (χ1n) is 4.91. The second-order valence-corrected chi connectivity index (χ2v) is 28.1. The van der Waals surface area contributed by atoms with Crippen LogP contribution in [0.25, 0.3) is 0 Å². The molecule has 0 radical (unpaired) electrons. The van der Waals surface area contributed by atoms with E-state index < -0.39 is 14.0 Å². The van der Waals surface area contributed by atoms with Gasteiger partial charge in [-0.25, -0.2) is 0 Å². The van der Waals surface area contributed by atoms with Crippen LogP contribution in [-0.4, -0.2) is 12.2 Å². The molecule has 2 heteroatoms. The standard InChI is InChI=1S/C5H5.CH4O.5CH3.Ti/c1-2-4-5-3-1;1-2;;;;;;/h1-3H,4H2;2H,1H3;5*1H3;. The minimum absolute atomic E-state index is 1.00. The third-order valence-corrected chi connectivity index (χ3v) is 7.97. The number of aliphatic hydroxyl groups is 1. The number of aliphatic hydroxyl groups excluding tert-OH is 1. The van der Waals surface area contributed by atoms with Gasteiger partial charge < -0.3 is 5.11 Å². The van der Waals surface area contributed by atoms with Crippen molar-refractivity contribution in [2.45, 2.75) is 32.6 Å². The van der Waals surface area contributed by atoms with E-state index in [1.165, 1.54) is 6.42 Å². The van der Waals surface area contributed by atoms with Crippen LogP contribution in [0, 0.1) is 0 Å². The molecule has 1 aliphatic rings. The first kappa shape index (κ1) is 13.2. The number of rotatable bonds is 1. The molecule has 0 aromatic carbocycles. The van der Waals surface area contributed by atoms with Crippen molar-refractivity contribution < 1.29 is 19.1 Å². The summed E-state index contributed by atoms with van der Waals surface area (Å²) in [5.74, 6) is 0. The van der Waals surface area contributed by atoms with Crippen LogP contribution < -0.4 is 0 Å². The van der Waals surface area contributed by atoms with Crippen LogP contribution in [-0.2, 0) is 14.0 Å². The van der Waals surface area contributed by atoms with E-state index in [4.69, 9.17) is 5.11 Å². The molecule has 0 fully saturated rings. The van der Waals surface area contributed by atoms with Gasteiger partial charge in [0.05, 0.1) is 0 Å². The summed E-state index contributed by atoms with van der Waals surface area (Å²) in [6.45, 7) is 0. The summed E-state index contributed by atoms with van der Waals surface area (Å²) in [5.41, 5.74) is 0. The molecule has 1 nitrogen and oxygen atoms in total. The predicted octanol–water partition coefficient (Wildman–Crippen LogP) is 3.90. The Hall–Kier alpha value is 0.154. The Morgan fingerprint density at radius 2 is 1.54 bits per heavy atom. The van der Waals surface area contributed by atoms with Crippen molar-refractivity contribution in [3.05, 3.63) is 22.1 Å². The first-order valence-corrected chi connectivity index (χ1v) is 13.5. The summed E-state index contributed by atoms with van der Waals surface area (Å²) in [5, 5.41) is 19.4. The molecule has 0 amide bonds. The molecule has 0 spiro atoms. The summed E-state index contributed by atoms with van der Waals surface area (Å²) < 4.78 is 1.70. The Morgan fingerprint density at radius 3 is 1.69 bits per heavy atom. The molecule has 0 bridgehead atoms. The number of hydrogen-bond acceptors (Lipinski definition) is 1. The number of hydrogen-bond donors (Lipinski definition) is 1. The Morgan fingerprint density at radius 1 is 1.08 bits per heavy atom. The molecular weight excluding hydrogens is 196 g/mol. The molecule has 0 saturated heterocycles. The molecule has 0 atom stereocenters. The molecule has 1 N–H and O–H groups in total. The summed E-state index contributed by atoms with van der Waals surface area (Å²) in [6.07, 6.45) is 7.98. The average Bonchev–Trinajstić information content (AvgIpc) is 2.37. The average molecular weight is 220 g/mol. The first-order chi connectivity index (χ1) is 5.59. The van der Waals surface area contributed by atoms with Crippen LogP contribution in [0.4, 0.5) is 0 Å². The van der Waals surface area contributed by atoms with Gasteiger partial charge in [-0.3, -0.25) is 0 Å². The Bertz CT molecular complexity index is 237. The van der Waals surface area contributed by atoms with Crippen LogP contribution in [0.3, 0.4) is 0 Å². The molecule has 0 aromatic heterocycles. The normalized spacial score (nSPS) is 21.0. The van der Waals surface area contributed by atoms with Crippen molar-refractivity contribution in [3.63, 3.8) is 0 Å². The van der Waals surface area contributed by atoms with Gasteiger partial charge in [0.25, 0.3) is 0 Å². The maximum atomic E-state index is 7.00. The van der Waals surface area contributed by atoms with Crippen LogP contribution in [0.2, 0.25) is 26.1 Å². The van der Waals surface area contributed by atoms with Gasteiger partial charge >= 0.3 is 68.7 Å². The molecule has 0 aliphatic heterocycles. The maximum absolute atomic E-state index is 7.00. The molecule has 0 saturated carbocycles. The van der Waals surface area contributed by atoms with E-state index in [0.29, 0.717) is 0 Å². The molecule has 0 aromatic rings. The zero-order chi connectivity index (χ0) is 10.8.